The minimum absolute atomic E-state index is 0.471. The van der Waals surface area contributed by atoms with E-state index < -0.39 is 0 Å². The number of hydrogen-bond donors (Lipinski definition) is 0. The maximum Gasteiger partial charge on any atom is 0.217 e. The monoisotopic (exact) mass is 204 g/mol. The molecule has 5 heteroatoms. The number of thioether (sulfide) groups is 1. The lowest BCUT2D eigenvalue weighted by molar-refractivity contribution is 0.325. The van der Waals surface area contributed by atoms with E-state index in [1.165, 1.54) is 11.8 Å². The molecule has 0 fully saturated rings. The average Bonchev–Trinajstić information content (AvgIpc) is 2.15. The largest absolute Gasteiger partial charge is 0.476 e. The first-order valence-corrected chi connectivity index (χ1v) is 5.18. The minimum atomic E-state index is 0.471. The number of hydrogen-bond acceptors (Lipinski definition) is 4. The fourth-order valence-electron chi connectivity index (χ4n) is 0.647. The second-order valence-corrected chi connectivity index (χ2v) is 3.07. The zero-order valence-electron chi connectivity index (χ0n) is 6.66. The summed E-state index contributed by atoms with van der Waals surface area (Å²) in [5, 5.41) is 0.710. The standard InChI is InChI=1S/C7H9ClN2OS/c1-12-7-9-4-2-6(10-7)11-5-3-8/h2,4H,3,5H2,1H3. The molecule has 12 heavy (non-hydrogen) atoms. The summed E-state index contributed by atoms with van der Waals surface area (Å²) in [6, 6.07) is 1.71. The number of ether oxygens (including phenoxy) is 1. The molecule has 0 amide bonds. The molecule has 1 aromatic heterocycles. The highest BCUT2D eigenvalue weighted by atomic mass is 35.5. The van der Waals surface area contributed by atoms with E-state index in [0.29, 0.717) is 23.5 Å². The molecule has 3 nitrogen and oxygen atoms in total. The molecule has 0 aromatic carbocycles. The van der Waals surface area contributed by atoms with Crippen LogP contribution < -0.4 is 4.74 Å². The van der Waals surface area contributed by atoms with Gasteiger partial charge in [0.2, 0.25) is 5.88 Å². The highest BCUT2D eigenvalue weighted by Gasteiger charge is 1.97. The zero-order valence-corrected chi connectivity index (χ0v) is 8.23. The Bertz CT molecular complexity index is 247. The molecule has 0 aliphatic heterocycles. The first-order valence-electron chi connectivity index (χ1n) is 3.42. The van der Waals surface area contributed by atoms with Crippen LogP contribution in [0.15, 0.2) is 17.4 Å². The van der Waals surface area contributed by atoms with Gasteiger partial charge in [-0.25, -0.2) is 4.98 Å². The maximum atomic E-state index is 5.45. The third-order valence-corrected chi connectivity index (χ3v) is 1.83. The highest BCUT2D eigenvalue weighted by molar-refractivity contribution is 7.98. The Kier molecular flexibility index (Phi) is 4.18. The molecular formula is C7H9ClN2OS. The highest BCUT2D eigenvalue weighted by Crippen LogP contribution is 2.12. The maximum absolute atomic E-state index is 5.45. The first kappa shape index (κ1) is 9.61. The Labute approximate surface area is 80.5 Å². The van der Waals surface area contributed by atoms with E-state index in [1.54, 1.807) is 12.3 Å². The van der Waals surface area contributed by atoms with Crippen molar-refractivity contribution in [3.8, 4) is 5.88 Å². The van der Waals surface area contributed by atoms with Gasteiger partial charge in [-0.05, 0) is 6.26 Å². The Balaban J connectivity index is 2.60. The van der Waals surface area contributed by atoms with E-state index >= 15 is 0 Å². The minimum Gasteiger partial charge on any atom is -0.476 e. The van der Waals surface area contributed by atoms with Crippen LogP contribution in [0.2, 0.25) is 0 Å². The van der Waals surface area contributed by atoms with Gasteiger partial charge >= 0.3 is 0 Å². The summed E-state index contributed by atoms with van der Waals surface area (Å²) in [5.41, 5.74) is 0. The summed E-state index contributed by atoms with van der Waals surface area (Å²) < 4.78 is 5.20. The smallest absolute Gasteiger partial charge is 0.217 e. The van der Waals surface area contributed by atoms with Crippen LogP contribution in [0.25, 0.3) is 0 Å². The summed E-state index contributed by atoms with van der Waals surface area (Å²) in [5.74, 6) is 1.05. The molecule has 0 spiro atoms. The molecule has 0 radical (unpaired) electrons. The fraction of sp³-hybridized carbons (Fsp3) is 0.429. The third kappa shape index (κ3) is 2.87. The SMILES string of the molecule is CSc1nccc(OCCCl)n1. The van der Waals surface area contributed by atoms with E-state index in [9.17, 15) is 0 Å². The molecule has 1 aromatic rings. The van der Waals surface area contributed by atoms with Gasteiger partial charge in [-0.3, -0.25) is 0 Å². The molecule has 0 bridgehead atoms. The third-order valence-electron chi connectivity index (χ3n) is 1.12. The van der Waals surface area contributed by atoms with Gasteiger partial charge in [-0.15, -0.1) is 11.6 Å². The van der Waals surface area contributed by atoms with Crippen LogP contribution >= 0.6 is 23.4 Å². The normalized spacial score (nSPS) is 9.83. The lowest BCUT2D eigenvalue weighted by Gasteiger charge is -2.02. The molecule has 66 valence electrons. The van der Waals surface area contributed by atoms with Gasteiger partial charge in [-0.1, -0.05) is 11.8 Å². The van der Waals surface area contributed by atoms with Gasteiger partial charge in [0.15, 0.2) is 5.16 Å². The molecule has 0 unspecified atom stereocenters. The number of halogens is 1. The van der Waals surface area contributed by atoms with Crippen LogP contribution in [0.5, 0.6) is 5.88 Å². The molecule has 1 rings (SSSR count). The Hall–Kier alpha value is -0.480. The van der Waals surface area contributed by atoms with Crippen molar-refractivity contribution in [2.45, 2.75) is 5.16 Å². The zero-order chi connectivity index (χ0) is 8.81. The van der Waals surface area contributed by atoms with Crippen molar-refractivity contribution in [1.29, 1.82) is 0 Å². The molecule has 0 N–H and O–H groups in total. The Morgan fingerprint density at radius 3 is 3.17 bits per heavy atom. The summed E-state index contributed by atoms with van der Waals surface area (Å²) >= 11 is 6.93. The molecule has 0 saturated carbocycles. The Morgan fingerprint density at radius 2 is 2.50 bits per heavy atom. The van der Waals surface area contributed by atoms with Crippen molar-refractivity contribution >= 4 is 23.4 Å². The van der Waals surface area contributed by atoms with E-state index in [4.69, 9.17) is 16.3 Å². The molecule has 1 heterocycles. The van der Waals surface area contributed by atoms with Gasteiger partial charge in [0.25, 0.3) is 0 Å². The topological polar surface area (TPSA) is 35.0 Å². The van der Waals surface area contributed by atoms with Gasteiger partial charge in [-0.2, -0.15) is 4.98 Å². The number of aromatic nitrogens is 2. The predicted molar refractivity (Wildman–Crippen MR) is 50.0 cm³/mol. The van der Waals surface area contributed by atoms with E-state index in [2.05, 4.69) is 9.97 Å². The predicted octanol–water partition coefficient (Wildman–Crippen LogP) is 1.82. The molecule has 0 aliphatic rings. The number of alkyl halides is 1. The van der Waals surface area contributed by atoms with Gasteiger partial charge in [0, 0.05) is 12.3 Å². The lowest BCUT2D eigenvalue weighted by atomic mass is 10.6. The molecule has 0 saturated heterocycles. The molecule has 0 aliphatic carbocycles. The average molecular weight is 205 g/mol. The van der Waals surface area contributed by atoms with Crippen LogP contribution in [0.1, 0.15) is 0 Å². The van der Waals surface area contributed by atoms with Crippen LogP contribution in [0, 0.1) is 0 Å². The summed E-state index contributed by atoms with van der Waals surface area (Å²) in [7, 11) is 0. The first-order chi connectivity index (χ1) is 5.86. The van der Waals surface area contributed by atoms with E-state index in [-0.39, 0.29) is 0 Å². The van der Waals surface area contributed by atoms with Gasteiger partial charge in [0.05, 0.1) is 5.88 Å². The second kappa shape index (κ2) is 5.22. The van der Waals surface area contributed by atoms with Gasteiger partial charge < -0.3 is 4.74 Å². The summed E-state index contributed by atoms with van der Waals surface area (Å²) in [6.07, 6.45) is 3.59. The summed E-state index contributed by atoms with van der Waals surface area (Å²) in [6.45, 7) is 0.479. The van der Waals surface area contributed by atoms with Crippen LogP contribution in [0.3, 0.4) is 0 Å². The van der Waals surface area contributed by atoms with E-state index in [0.717, 1.165) is 0 Å². The second-order valence-electron chi connectivity index (χ2n) is 1.92. The molecule has 0 atom stereocenters. The van der Waals surface area contributed by atoms with Crippen molar-refractivity contribution in [3.63, 3.8) is 0 Å². The Morgan fingerprint density at radius 1 is 1.67 bits per heavy atom. The molecular weight excluding hydrogens is 196 g/mol. The van der Waals surface area contributed by atoms with E-state index in [1.807, 2.05) is 6.26 Å². The van der Waals surface area contributed by atoms with Crippen molar-refractivity contribution in [2.24, 2.45) is 0 Å². The van der Waals surface area contributed by atoms with Crippen molar-refractivity contribution in [3.05, 3.63) is 12.3 Å². The van der Waals surface area contributed by atoms with Crippen LogP contribution in [-0.2, 0) is 0 Å². The summed E-state index contributed by atoms with van der Waals surface area (Å²) in [4.78, 5) is 8.10. The fourth-order valence-corrected chi connectivity index (χ4v) is 1.07. The van der Waals surface area contributed by atoms with Crippen LogP contribution in [-0.4, -0.2) is 28.7 Å². The van der Waals surface area contributed by atoms with Crippen molar-refractivity contribution in [1.82, 2.24) is 9.97 Å². The van der Waals surface area contributed by atoms with Crippen molar-refractivity contribution in [2.75, 3.05) is 18.7 Å². The number of nitrogens with zero attached hydrogens (tertiary/aromatic N) is 2. The van der Waals surface area contributed by atoms with Gasteiger partial charge in [0.1, 0.15) is 6.61 Å². The quantitative estimate of drug-likeness (QED) is 0.426. The van der Waals surface area contributed by atoms with Crippen molar-refractivity contribution < 1.29 is 4.74 Å². The van der Waals surface area contributed by atoms with Crippen LogP contribution in [0.4, 0.5) is 0 Å². The lowest BCUT2D eigenvalue weighted by Crippen LogP contribution is -2.00. The number of rotatable bonds is 4.